The van der Waals surface area contributed by atoms with Gasteiger partial charge in [-0.25, -0.2) is 0 Å². The van der Waals surface area contributed by atoms with E-state index in [1.165, 1.54) is 5.56 Å². The quantitative estimate of drug-likeness (QED) is 0.789. The lowest BCUT2D eigenvalue weighted by molar-refractivity contribution is 0.122. The van der Waals surface area contributed by atoms with Gasteiger partial charge in [-0.15, -0.1) is 0 Å². The van der Waals surface area contributed by atoms with Gasteiger partial charge in [-0.05, 0) is 24.6 Å². The molecule has 1 heterocycles. The smallest absolute Gasteiger partial charge is 0.106 e. The Morgan fingerprint density at radius 2 is 2.06 bits per heavy atom. The number of aryl methyl sites for hydroxylation is 1. The van der Waals surface area contributed by atoms with Crippen LogP contribution in [0.25, 0.3) is 0 Å². The highest BCUT2D eigenvalue weighted by Gasteiger charge is 2.15. The molecule has 2 rings (SSSR count). The van der Waals surface area contributed by atoms with Crippen molar-refractivity contribution in [1.82, 2.24) is 0 Å². The Hall–Kier alpha value is -1.13. The Morgan fingerprint density at radius 3 is 2.69 bits per heavy atom. The number of morpholine rings is 1. The van der Waals surface area contributed by atoms with Crippen LogP contribution in [0.1, 0.15) is 11.1 Å². The molecule has 0 atom stereocenters. The first-order valence-corrected chi connectivity index (χ1v) is 5.82. The molecule has 0 saturated carbocycles. The van der Waals surface area contributed by atoms with Gasteiger partial charge in [-0.2, -0.15) is 0 Å². The van der Waals surface area contributed by atoms with E-state index < -0.39 is 0 Å². The van der Waals surface area contributed by atoms with Gasteiger partial charge in [0.05, 0.1) is 13.2 Å². The third-order valence-corrected chi connectivity index (χ3v) is 2.99. The van der Waals surface area contributed by atoms with Crippen LogP contribution in [0.2, 0.25) is 0 Å². The van der Waals surface area contributed by atoms with Crippen molar-refractivity contribution >= 4 is 22.9 Å². The normalized spacial score (nSPS) is 16.2. The molecule has 1 aromatic carbocycles. The highest BCUT2D eigenvalue weighted by molar-refractivity contribution is 7.80. The molecule has 1 aliphatic heterocycles. The molecule has 3 nitrogen and oxygen atoms in total. The predicted octanol–water partition coefficient (Wildman–Crippen LogP) is 1.47. The molecule has 0 unspecified atom stereocenters. The van der Waals surface area contributed by atoms with Gasteiger partial charge in [-0.1, -0.05) is 18.3 Å². The van der Waals surface area contributed by atoms with E-state index in [2.05, 4.69) is 17.9 Å². The predicted molar refractivity (Wildman–Crippen MR) is 70.1 cm³/mol. The van der Waals surface area contributed by atoms with Crippen molar-refractivity contribution in [1.29, 1.82) is 0 Å². The largest absolute Gasteiger partial charge is 0.389 e. The van der Waals surface area contributed by atoms with Crippen LogP contribution >= 0.6 is 12.2 Å². The molecule has 0 amide bonds. The van der Waals surface area contributed by atoms with Crippen molar-refractivity contribution in [2.75, 3.05) is 31.2 Å². The number of benzene rings is 1. The van der Waals surface area contributed by atoms with Crippen molar-refractivity contribution in [3.8, 4) is 0 Å². The molecule has 0 aliphatic carbocycles. The summed E-state index contributed by atoms with van der Waals surface area (Å²) < 4.78 is 5.35. The number of rotatable bonds is 2. The summed E-state index contributed by atoms with van der Waals surface area (Å²) in [5.41, 5.74) is 9.06. The van der Waals surface area contributed by atoms with Gasteiger partial charge in [0, 0.05) is 24.3 Å². The fourth-order valence-corrected chi connectivity index (χ4v) is 2.09. The van der Waals surface area contributed by atoms with E-state index in [9.17, 15) is 0 Å². The Morgan fingerprint density at radius 1 is 1.38 bits per heavy atom. The van der Waals surface area contributed by atoms with Crippen molar-refractivity contribution < 1.29 is 4.74 Å². The molecule has 0 spiro atoms. The SMILES string of the molecule is Cc1ccc(C(N)=S)c(N2CCOCC2)c1. The summed E-state index contributed by atoms with van der Waals surface area (Å²) in [4.78, 5) is 2.74. The number of nitrogens with two attached hydrogens (primary N) is 1. The van der Waals surface area contributed by atoms with Gasteiger partial charge >= 0.3 is 0 Å². The third-order valence-electron chi connectivity index (χ3n) is 2.77. The van der Waals surface area contributed by atoms with Crippen LogP contribution in [0.4, 0.5) is 5.69 Å². The van der Waals surface area contributed by atoms with E-state index in [-0.39, 0.29) is 0 Å². The van der Waals surface area contributed by atoms with Gasteiger partial charge in [-0.3, -0.25) is 0 Å². The number of nitrogens with zero attached hydrogens (tertiary/aromatic N) is 1. The maximum Gasteiger partial charge on any atom is 0.106 e. The summed E-state index contributed by atoms with van der Waals surface area (Å²) in [6.07, 6.45) is 0. The summed E-state index contributed by atoms with van der Waals surface area (Å²) in [6, 6.07) is 6.18. The van der Waals surface area contributed by atoms with E-state index in [0.29, 0.717) is 4.99 Å². The van der Waals surface area contributed by atoms with E-state index in [4.69, 9.17) is 22.7 Å². The minimum atomic E-state index is 0.460. The summed E-state index contributed by atoms with van der Waals surface area (Å²) in [5.74, 6) is 0. The molecule has 0 radical (unpaired) electrons. The zero-order valence-corrected chi connectivity index (χ0v) is 10.2. The third kappa shape index (κ3) is 2.33. The number of anilines is 1. The molecule has 1 aromatic rings. The second-order valence-electron chi connectivity index (χ2n) is 3.98. The molecule has 4 heteroatoms. The number of ether oxygens (including phenoxy) is 1. The molecule has 86 valence electrons. The van der Waals surface area contributed by atoms with Crippen molar-refractivity contribution in [2.24, 2.45) is 5.73 Å². The summed E-state index contributed by atoms with van der Waals surface area (Å²) in [6.45, 7) is 5.42. The van der Waals surface area contributed by atoms with E-state index >= 15 is 0 Å². The van der Waals surface area contributed by atoms with Crippen molar-refractivity contribution in [2.45, 2.75) is 6.92 Å². The Bertz CT molecular complexity index is 400. The zero-order valence-electron chi connectivity index (χ0n) is 9.40. The molecular formula is C12H16N2OS. The first-order valence-electron chi connectivity index (χ1n) is 5.41. The van der Waals surface area contributed by atoms with Crippen LogP contribution < -0.4 is 10.6 Å². The van der Waals surface area contributed by atoms with Crippen LogP contribution in [-0.2, 0) is 4.74 Å². The fourth-order valence-electron chi connectivity index (χ4n) is 1.92. The van der Waals surface area contributed by atoms with Gasteiger partial charge in [0.2, 0.25) is 0 Å². The fraction of sp³-hybridized carbons (Fsp3) is 0.417. The Labute approximate surface area is 101 Å². The van der Waals surface area contributed by atoms with Crippen LogP contribution in [-0.4, -0.2) is 31.3 Å². The number of hydrogen-bond acceptors (Lipinski definition) is 3. The van der Waals surface area contributed by atoms with E-state index in [0.717, 1.165) is 37.6 Å². The monoisotopic (exact) mass is 236 g/mol. The highest BCUT2D eigenvalue weighted by Crippen LogP contribution is 2.23. The topological polar surface area (TPSA) is 38.5 Å². The van der Waals surface area contributed by atoms with Gasteiger partial charge in [0.1, 0.15) is 4.99 Å². The van der Waals surface area contributed by atoms with Crippen LogP contribution in [0.3, 0.4) is 0 Å². The van der Waals surface area contributed by atoms with Crippen LogP contribution in [0.15, 0.2) is 18.2 Å². The molecule has 1 fully saturated rings. The molecule has 16 heavy (non-hydrogen) atoms. The Balaban J connectivity index is 2.36. The van der Waals surface area contributed by atoms with Crippen molar-refractivity contribution in [3.05, 3.63) is 29.3 Å². The van der Waals surface area contributed by atoms with E-state index in [1.54, 1.807) is 0 Å². The van der Waals surface area contributed by atoms with Gasteiger partial charge in [0.25, 0.3) is 0 Å². The first-order chi connectivity index (χ1) is 7.68. The molecule has 0 bridgehead atoms. The molecule has 0 aromatic heterocycles. The van der Waals surface area contributed by atoms with Crippen LogP contribution in [0, 0.1) is 6.92 Å². The van der Waals surface area contributed by atoms with E-state index in [1.807, 2.05) is 12.1 Å². The minimum Gasteiger partial charge on any atom is -0.389 e. The lowest BCUT2D eigenvalue weighted by Gasteiger charge is -2.30. The summed E-state index contributed by atoms with van der Waals surface area (Å²) in [5, 5.41) is 0. The second-order valence-corrected chi connectivity index (χ2v) is 4.42. The number of hydrogen-bond donors (Lipinski definition) is 1. The lowest BCUT2D eigenvalue weighted by Crippen LogP contribution is -2.37. The average molecular weight is 236 g/mol. The second kappa shape index (κ2) is 4.80. The summed E-state index contributed by atoms with van der Waals surface area (Å²) >= 11 is 5.08. The standard InChI is InChI=1S/C12H16N2OS/c1-9-2-3-10(12(13)16)11(8-9)14-4-6-15-7-5-14/h2-3,8H,4-7H2,1H3,(H2,13,16). The molecule has 2 N–H and O–H groups in total. The first kappa shape index (κ1) is 11.4. The lowest BCUT2D eigenvalue weighted by atomic mass is 10.1. The number of thiocarbonyl (C=S) groups is 1. The van der Waals surface area contributed by atoms with Crippen molar-refractivity contribution in [3.63, 3.8) is 0 Å². The maximum absolute atomic E-state index is 5.74. The average Bonchev–Trinajstić information content (AvgIpc) is 2.29. The molecule has 1 aliphatic rings. The zero-order chi connectivity index (χ0) is 11.5. The highest BCUT2D eigenvalue weighted by atomic mass is 32.1. The maximum atomic E-state index is 5.74. The van der Waals surface area contributed by atoms with Gasteiger partial charge in [0.15, 0.2) is 0 Å². The molecular weight excluding hydrogens is 220 g/mol. The van der Waals surface area contributed by atoms with Gasteiger partial charge < -0.3 is 15.4 Å². The minimum absolute atomic E-state index is 0.460. The molecule has 1 saturated heterocycles. The van der Waals surface area contributed by atoms with Crippen LogP contribution in [0.5, 0.6) is 0 Å². The Kier molecular flexibility index (Phi) is 3.41. The summed E-state index contributed by atoms with van der Waals surface area (Å²) in [7, 11) is 0.